The lowest BCUT2D eigenvalue weighted by Crippen LogP contribution is -2.14. The molecule has 194 valence electrons. The number of aromatic nitrogens is 1. The van der Waals surface area contributed by atoms with Crippen molar-refractivity contribution in [2.24, 2.45) is 5.92 Å². The van der Waals surface area contributed by atoms with Crippen LogP contribution in [-0.4, -0.2) is 23.5 Å². The normalized spacial score (nSPS) is 16.7. The molecule has 2 unspecified atom stereocenters. The van der Waals surface area contributed by atoms with Crippen LogP contribution in [0.2, 0.25) is 10.0 Å². The van der Waals surface area contributed by atoms with Crippen LogP contribution in [0, 0.1) is 17.2 Å². The van der Waals surface area contributed by atoms with Crippen LogP contribution < -0.4 is 0 Å². The summed E-state index contributed by atoms with van der Waals surface area (Å²) >= 11 is 13.9. The topological polar surface area (TPSA) is 100 Å². The van der Waals surface area contributed by atoms with Crippen LogP contribution >= 0.6 is 34.5 Å². The van der Waals surface area contributed by atoms with Crippen LogP contribution in [-0.2, 0) is 14.8 Å². The van der Waals surface area contributed by atoms with Crippen LogP contribution in [0.25, 0.3) is 33.3 Å². The van der Waals surface area contributed by atoms with Crippen LogP contribution in [0.4, 0.5) is 0 Å². The number of para-hydroxylation sites is 1. The molecule has 1 N–H and O–H groups in total. The molecule has 2 heterocycles. The molecule has 39 heavy (non-hydrogen) atoms. The summed E-state index contributed by atoms with van der Waals surface area (Å²) < 4.78 is 29.9. The number of halogens is 2. The molecule has 0 radical (unpaired) electrons. The minimum atomic E-state index is -4.16. The zero-order valence-electron chi connectivity index (χ0n) is 20.0. The maximum absolute atomic E-state index is 14.3. The van der Waals surface area contributed by atoms with Crippen LogP contribution in [0.3, 0.4) is 0 Å². The molecule has 2 aromatic heterocycles. The molecule has 0 aliphatic heterocycles. The molecule has 10 heteroatoms. The van der Waals surface area contributed by atoms with E-state index in [0.29, 0.717) is 54.6 Å². The Morgan fingerprint density at radius 3 is 2.46 bits per heavy atom. The fourth-order valence-electron chi connectivity index (χ4n) is 5.10. The second kappa shape index (κ2) is 9.54. The van der Waals surface area contributed by atoms with Crippen LogP contribution in [0.1, 0.15) is 22.8 Å². The Kier molecular flexibility index (Phi) is 6.28. The quantitative estimate of drug-likeness (QED) is 0.218. The third-order valence-electron chi connectivity index (χ3n) is 6.95. The number of thiophene rings is 1. The summed E-state index contributed by atoms with van der Waals surface area (Å²) in [5.41, 5.74) is 3.20. The Morgan fingerprint density at radius 1 is 1.03 bits per heavy atom. The number of carbonyl (C=O) groups is 1. The van der Waals surface area contributed by atoms with E-state index < -0.39 is 21.9 Å². The average Bonchev–Trinajstić information content (AvgIpc) is 3.46. The van der Waals surface area contributed by atoms with Gasteiger partial charge in [0.15, 0.2) is 0 Å². The summed E-state index contributed by atoms with van der Waals surface area (Å²) in [7, 11) is -4.16. The van der Waals surface area contributed by atoms with E-state index in [4.69, 9.17) is 23.2 Å². The number of benzene rings is 3. The summed E-state index contributed by atoms with van der Waals surface area (Å²) in [5.74, 6) is -1.61. The number of hydrogen-bond donors (Lipinski definition) is 1. The van der Waals surface area contributed by atoms with Gasteiger partial charge in [0.2, 0.25) is 0 Å². The highest BCUT2D eigenvalue weighted by Gasteiger charge is 2.44. The maximum Gasteiger partial charge on any atom is 0.307 e. The van der Waals surface area contributed by atoms with Crippen LogP contribution in [0.15, 0.2) is 83.1 Å². The van der Waals surface area contributed by atoms with Gasteiger partial charge in [0, 0.05) is 32.1 Å². The number of fused-ring (bicyclic) bond motifs is 1. The number of aliphatic carboxylic acids is 1. The Hall–Kier alpha value is -3.61. The first-order chi connectivity index (χ1) is 18.7. The molecular formula is C29H18Cl2N2O4S2. The van der Waals surface area contributed by atoms with Gasteiger partial charge in [-0.25, -0.2) is 12.4 Å². The average molecular weight is 594 g/mol. The van der Waals surface area contributed by atoms with Crippen molar-refractivity contribution in [3.05, 3.63) is 98.7 Å². The van der Waals surface area contributed by atoms with Gasteiger partial charge in [-0.15, -0.1) is 11.3 Å². The predicted molar refractivity (Wildman–Crippen MR) is 153 cm³/mol. The SMILES string of the molecule is N#Cc1sccc1-c1c(-c2cc(Cl)cc(C3CC3C(=O)O)c2)n(S(=O)(=O)c2ccc(Cl)cc2)c2ccccc12. The monoisotopic (exact) mass is 592 g/mol. The smallest absolute Gasteiger partial charge is 0.307 e. The van der Waals surface area contributed by atoms with E-state index >= 15 is 0 Å². The number of nitriles is 1. The third kappa shape index (κ3) is 4.32. The summed E-state index contributed by atoms with van der Waals surface area (Å²) in [5, 5.41) is 22.6. The van der Waals surface area contributed by atoms with Gasteiger partial charge < -0.3 is 5.11 Å². The van der Waals surface area contributed by atoms with Gasteiger partial charge in [0.1, 0.15) is 10.9 Å². The first-order valence-corrected chi connectivity index (χ1v) is 14.9. The molecule has 0 saturated heterocycles. The number of carboxylic acid groups (broad SMARTS) is 1. The number of rotatable bonds is 6. The number of nitrogens with zero attached hydrogens (tertiary/aromatic N) is 2. The lowest BCUT2D eigenvalue weighted by Gasteiger charge is -2.15. The molecule has 0 spiro atoms. The van der Waals surface area contributed by atoms with Crippen molar-refractivity contribution in [3.8, 4) is 28.5 Å². The molecule has 2 atom stereocenters. The zero-order valence-corrected chi connectivity index (χ0v) is 23.2. The highest BCUT2D eigenvalue weighted by atomic mass is 35.5. The van der Waals surface area contributed by atoms with Gasteiger partial charge >= 0.3 is 5.97 Å². The highest BCUT2D eigenvalue weighted by Crippen LogP contribution is 2.50. The largest absolute Gasteiger partial charge is 0.481 e. The second-order valence-electron chi connectivity index (χ2n) is 9.30. The van der Waals surface area contributed by atoms with E-state index in [0.717, 1.165) is 5.56 Å². The molecule has 6 nitrogen and oxygen atoms in total. The minimum absolute atomic E-state index is 0.0432. The number of carboxylic acids is 1. The van der Waals surface area contributed by atoms with Gasteiger partial charge in [-0.2, -0.15) is 5.26 Å². The Balaban J connectivity index is 1.72. The van der Waals surface area contributed by atoms with Crippen molar-refractivity contribution in [2.75, 3.05) is 0 Å². The first kappa shape index (κ1) is 25.7. The molecule has 0 bridgehead atoms. The molecule has 0 amide bonds. The van der Waals surface area contributed by atoms with E-state index in [2.05, 4.69) is 6.07 Å². The van der Waals surface area contributed by atoms with Crippen molar-refractivity contribution >= 4 is 61.4 Å². The lowest BCUT2D eigenvalue weighted by atomic mass is 9.97. The van der Waals surface area contributed by atoms with E-state index in [-0.39, 0.29) is 10.8 Å². The Morgan fingerprint density at radius 2 is 1.77 bits per heavy atom. The van der Waals surface area contributed by atoms with Gasteiger partial charge in [-0.3, -0.25) is 4.79 Å². The van der Waals surface area contributed by atoms with Crippen molar-refractivity contribution in [2.45, 2.75) is 17.2 Å². The van der Waals surface area contributed by atoms with E-state index in [9.17, 15) is 23.6 Å². The molecule has 1 aliphatic carbocycles. The molecule has 5 aromatic rings. The van der Waals surface area contributed by atoms with Crippen molar-refractivity contribution in [1.29, 1.82) is 5.26 Å². The van der Waals surface area contributed by atoms with Gasteiger partial charge in [-0.1, -0.05) is 41.4 Å². The molecule has 3 aromatic carbocycles. The van der Waals surface area contributed by atoms with Crippen molar-refractivity contribution < 1.29 is 18.3 Å². The maximum atomic E-state index is 14.3. The third-order valence-corrected chi connectivity index (χ3v) is 9.97. The molecule has 1 fully saturated rings. The number of hydrogen-bond acceptors (Lipinski definition) is 5. The summed E-state index contributed by atoms with van der Waals surface area (Å²) in [6.07, 6.45) is 0.483. The molecule has 6 rings (SSSR count). The first-order valence-electron chi connectivity index (χ1n) is 11.9. The molecular weight excluding hydrogens is 575 g/mol. The van der Waals surface area contributed by atoms with Crippen LogP contribution in [0.5, 0.6) is 0 Å². The standard InChI is InChI=1S/C29H18Cl2N2O4S2/c30-18-5-7-20(8-6-18)39(36,37)33-25-4-2-1-3-21(25)27(22-9-10-38-26(22)15-32)28(33)17-11-16(12-19(31)13-17)23-14-24(23)29(34)35/h1-13,23-24H,14H2,(H,34,35). The van der Waals surface area contributed by atoms with Gasteiger partial charge in [-0.05, 0) is 77.9 Å². The lowest BCUT2D eigenvalue weighted by molar-refractivity contribution is -0.138. The zero-order chi connectivity index (χ0) is 27.5. The van der Waals surface area contributed by atoms with Crippen molar-refractivity contribution in [3.63, 3.8) is 0 Å². The summed E-state index contributed by atoms with van der Waals surface area (Å²) in [4.78, 5) is 12.1. The van der Waals surface area contributed by atoms with Gasteiger partial charge in [0.05, 0.1) is 22.0 Å². The second-order valence-corrected chi connectivity index (χ2v) is 12.9. The van der Waals surface area contributed by atoms with E-state index in [1.165, 1.54) is 39.6 Å². The van der Waals surface area contributed by atoms with Gasteiger partial charge in [0.25, 0.3) is 10.0 Å². The Labute approximate surface area is 238 Å². The van der Waals surface area contributed by atoms with E-state index in [1.807, 2.05) is 18.2 Å². The van der Waals surface area contributed by atoms with E-state index in [1.54, 1.807) is 35.7 Å². The minimum Gasteiger partial charge on any atom is -0.481 e. The molecule has 1 saturated carbocycles. The summed E-state index contributed by atoms with van der Waals surface area (Å²) in [6.45, 7) is 0. The Bertz CT molecular complexity index is 1940. The summed E-state index contributed by atoms with van der Waals surface area (Å²) in [6, 6.07) is 22.3. The fraction of sp³-hybridized carbons (Fsp3) is 0.103. The molecule has 1 aliphatic rings. The van der Waals surface area contributed by atoms with Crippen molar-refractivity contribution in [1.82, 2.24) is 3.97 Å². The predicted octanol–water partition coefficient (Wildman–Crippen LogP) is 7.64. The fourth-order valence-corrected chi connectivity index (χ4v) is 7.71. The highest BCUT2D eigenvalue weighted by molar-refractivity contribution is 7.90.